The molecule has 3 rings (SSSR count). The minimum atomic E-state index is 0.429. The van der Waals surface area contributed by atoms with Gasteiger partial charge in [-0.2, -0.15) is 5.10 Å². The highest BCUT2D eigenvalue weighted by Crippen LogP contribution is 2.37. The Bertz CT molecular complexity index is 923. The van der Waals surface area contributed by atoms with Crippen LogP contribution in [-0.2, 0) is 0 Å². The van der Waals surface area contributed by atoms with Gasteiger partial charge in [-0.1, -0.05) is 64.1 Å². The van der Waals surface area contributed by atoms with Crippen LogP contribution in [0.3, 0.4) is 0 Å². The zero-order valence-corrected chi connectivity index (χ0v) is 16.5. The quantitative estimate of drug-likeness (QED) is 0.422. The highest BCUT2D eigenvalue weighted by atomic mass is 35.5. The van der Waals surface area contributed by atoms with E-state index < -0.39 is 0 Å². The molecule has 0 aliphatic carbocycles. The Morgan fingerprint density at radius 3 is 2.00 bits per heavy atom. The number of nitrogens with zero attached hydrogens (tertiary/aromatic N) is 2. The molecule has 0 amide bonds. The number of hydrogen-bond donors (Lipinski definition) is 0. The molecule has 7 heteroatoms. The Morgan fingerprint density at radius 2 is 1.42 bits per heavy atom. The van der Waals surface area contributed by atoms with Crippen LogP contribution in [0.1, 0.15) is 11.4 Å². The van der Waals surface area contributed by atoms with Crippen LogP contribution in [0.15, 0.2) is 30.3 Å². The SMILES string of the molecule is Cc1nn(-c2c(Cl)cc(Cl)cc2Cl)c(C)c1-c1ccc(Cl)c(Cl)c1. The molecular weight excluding hydrogens is 409 g/mol. The van der Waals surface area contributed by atoms with Crippen LogP contribution >= 0.6 is 58.0 Å². The van der Waals surface area contributed by atoms with Gasteiger partial charge in [-0.15, -0.1) is 0 Å². The van der Waals surface area contributed by atoms with E-state index in [4.69, 9.17) is 58.0 Å². The van der Waals surface area contributed by atoms with Crippen LogP contribution < -0.4 is 0 Å². The van der Waals surface area contributed by atoms with Crippen molar-refractivity contribution < 1.29 is 0 Å². The Hall–Kier alpha value is -0.900. The van der Waals surface area contributed by atoms with Crippen molar-refractivity contribution in [1.82, 2.24) is 9.78 Å². The largest absolute Gasteiger partial charge is 0.234 e. The van der Waals surface area contributed by atoms with Gasteiger partial charge in [0.15, 0.2) is 0 Å². The number of hydrogen-bond acceptors (Lipinski definition) is 1. The van der Waals surface area contributed by atoms with E-state index in [1.807, 2.05) is 26.0 Å². The van der Waals surface area contributed by atoms with Crippen molar-refractivity contribution in [2.24, 2.45) is 0 Å². The lowest BCUT2D eigenvalue weighted by Crippen LogP contribution is -2.01. The number of rotatable bonds is 2. The Kier molecular flexibility index (Phi) is 5.06. The van der Waals surface area contributed by atoms with Gasteiger partial charge in [0.1, 0.15) is 5.69 Å². The van der Waals surface area contributed by atoms with Gasteiger partial charge in [-0.05, 0) is 43.7 Å². The summed E-state index contributed by atoms with van der Waals surface area (Å²) in [5.74, 6) is 0. The standard InChI is InChI=1S/C17H11Cl5N2/c1-8-16(10-3-4-12(19)13(20)5-10)9(2)24(23-8)17-14(21)6-11(18)7-15(17)22/h3-7H,1-2H3. The summed E-state index contributed by atoms with van der Waals surface area (Å²) in [6.07, 6.45) is 0. The Balaban J connectivity index is 2.22. The van der Waals surface area contributed by atoms with Crippen LogP contribution in [0.4, 0.5) is 0 Å². The maximum atomic E-state index is 6.33. The number of halogens is 5. The van der Waals surface area contributed by atoms with Gasteiger partial charge in [-0.3, -0.25) is 0 Å². The van der Waals surface area contributed by atoms with Gasteiger partial charge in [0.25, 0.3) is 0 Å². The average Bonchev–Trinajstić information content (AvgIpc) is 2.76. The summed E-state index contributed by atoms with van der Waals surface area (Å²) in [6.45, 7) is 3.86. The van der Waals surface area contributed by atoms with E-state index in [-0.39, 0.29) is 0 Å². The second-order valence-corrected chi connectivity index (χ2v) is 7.37. The first kappa shape index (κ1) is 17.9. The molecule has 2 aromatic carbocycles. The summed E-state index contributed by atoms with van der Waals surface area (Å²) in [5.41, 5.74) is 4.18. The molecule has 124 valence electrons. The fourth-order valence-corrected chi connectivity index (χ4v) is 3.94. The molecule has 0 unspecified atom stereocenters. The molecule has 2 nitrogen and oxygen atoms in total. The molecular formula is C17H11Cl5N2. The molecule has 0 spiro atoms. The van der Waals surface area contributed by atoms with Crippen LogP contribution in [0, 0.1) is 13.8 Å². The van der Waals surface area contributed by atoms with Gasteiger partial charge in [-0.25, -0.2) is 4.68 Å². The third-order valence-corrected chi connectivity index (χ3v) is 5.23. The summed E-state index contributed by atoms with van der Waals surface area (Å²) < 4.78 is 1.72. The van der Waals surface area contributed by atoms with Crippen molar-refractivity contribution in [3.8, 4) is 16.8 Å². The molecule has 0 radical (unpaired) electrons. The maximum absolute atomic E-state index is 6.33. The lowest BCUT2D eigenvalue weighted by Gasteiger charge is -2.10. The summed E-state index contributed by atoms with van der Waals surface area (Å²) in [5, 5.41) is 6.92. The smallest absolute Gasteiger partial charge is 0.102 e. The number of aromatic nitrogens is 2. The van der Waals surface area contributed by atoms with E-state index in [0.29, 0.717) is 30.8 Å². The van der Waals surface area contributed by atoms with Crippen LogP contribution in [0.2, 0.25) is 25.1 Å². The molecule has 0 N–H and O–H groups in total. The molecule has 0 aliphatic rings. The highest BCUT2D eigenvalue weighted by molar-refractivity contribution is 6.42. The summed E-state index contributed by atoms with van der Waals surface area (Å²) in [4.78, 5) is 0. The highest BCUT2D eigenvalue weighted by Gasteiger charge is 2.19. The van der Waals surface area contributed by atoms with E-state index >= 15 is 0 Å². The van der Waals surface area contributed by atoms with E-state index in [2.05, 4.69) is 5.10 Å². The van der Waals surface area contributed by atoms with Crippen molar-refractivity contribution >= 4 is 58.0 Å². The van der Waals surface area contributed by atoms with Crippen LogP contribution in [0.25, 0.3) is 16.8 Å². The van der Waals surface area contributed by atoms with Crippen molar-refractivity contribution in [3.63, 3.8) is 0 Å². The molecule has 0 aliphatic heterocycles. The molecule has 1 aromatic heterocycles. The van der Waals surface area contributed by atoms with Gasteiger partial charge >= 0.3 is 0 Å². The van der Waals surface area contributed by atoms with Gasteiger partial charge in [0, 0.05) is 16.3 Å². The third kappa shape index (κ3) is 3.14. The lowest BCUT2D eigenvalue weighted by molar-refractivity contribution is 0.834. The minimum Gasteiger partial charge on any atom is -0.234 e. The first-order valence-electron chi connectivity index (χ1n) is 6.96. The molecule has 0 atom stereocenters. The zero-order valence-electron chi connectivity index (χ0n) is 12.7. The molecule has 0 saturated heterocycles. The van der Waals surface area contributed by atoms with Gasteiger partial charge in [0.05, 0.1) is 25.8 Å². The van der Waals surface area contributed by atoms with Crippen molar-refractivity contribution in [1.29, 1.82) is 0 Å². The second-order valence-electron chi connectivity index (χ2n) is 5.30. The topological polar surface area (TPSA) is 17.8 Å². The van der Waals surface area contributed by atoms with Crippen molar-refractivity contribution in [2.45, 2.75) is 13.8 Å². The average molecular weight is 421 g/mol. The van der Waals surface area contributed by atoms with Crippen LogP contribution in [-0.4, -0.2) is 9.78 Å². The van der Waals surface area contributed by atoms with Crippen molar-refractivity contribution in [3.05, 3.63) is 66.8 Å². The van der Waals surface area contributed by atoms with E-state index in [9.17, 15) is 0 Å². The summed E-state index contributed by atoms with van der Waals surface area (Å²) in [7, 11) is 0. The van der Waals surface area contributed by atoms with Gasteiger partial charge < -0.3 is 0 Å². The normalized spacial score (nSPS) is 11.1. The Morgan fingerprint density at radius 1 is 0.792 bits per heavy atom. The second kappa shape index (κ2) is 6.78. The molecule has 0 fully saturated rings. The summed E-state index contributed by atoms with van der Waals surface area (Å²) >= 11 is 30.8. The van der Waals surface area contributed by atoms with Crippen molar-refractivity contribution in [2.75, 3.05) is 0 Å². The van der Waals surface area contributed by atoms with E-state index in [0.717, 1.165) is 22.5 Å². The fraction of sp³-hybridized carbons (Fsp3) is 0.118. The molecule has 3 aromatic rings. The Labute approximate surface area is 164 Å². The third-order valence-electron chi connectivity index (χ3n) is 3.69. The lowest BCUT2D eigenvalue weighted by atomic mass is 10.0. The zero-order chi connectivity index (χ0) is 17.6. The molecule has 0 bridgehead atoms. The first-order chi connectivity index (χ1) is 11.3. The van der Waals surface area contributed by atoms with Gasteiger partial charge in [0.2, 0.25) is 0 Å². The predicted molar refractivity (Wildman–Crippen MR) is 104 cm³/mol. The van der Waals surface area contributed by atoms with Crippen LogP contribution in [0.5, 0.6) is 0 Å². The fourth-order valence-electron chi connectivity index (χ4n) is 2.67. The first-order valence-corrected chi connectivity index (χ1v) is 8.85. The van der Waals surface area contributed by atoms with E-state index in [1.165, 1.54) is 0 Å². The molecule has 24 heavy (non-hydrogen) atoms. The minimum absolute atomic E-state index is 0.429. The summed E-state index contributed by atoms with van der Waals surface area (Å²) in [6, 6.07) is 8.76. The molecule has 0 saturated carbocycles. The predicted octanol–water partition coefficient (Wildman–Crippen LogP) is 7.42. The van der Waals surface area contributed by atoms with E-state index in [1.54, 1.807) is 22.9 Å². The molecule has 1 heterocycles. The number of aryl methyl sites for hydroxylation is 1. The monoisotopic (exact) mass is 418 g/mol. The number of benzene rings is 2. The maximum Gasteiger partial charge on any atom is 0.102 e.